The van der Waals surface area contributed by atoms with Gasteiger partial charge in [0.25, 0.3) is 0 Å². The summed E-state index contributed by atoms with van der Waals surface area (Å²) >= 11 is 0. The zero-order valence-electron chi connectivity index (χ0n) is 16.1. The van der Waals surface area contributed by atoms with E-state index in [4.69, 9.17) is 9.47 Å². The van der Waals surface area contributed by atoms with Crippen LogP contribution < -0.4 is 14.9 Å². The Morgan fingerprint density at radius 3 is 2.56 bits per heavy atom. The molecule has 27 heavy (non-hydrogen) atoms. The van der Waals surface area contributed by atoms with Crippen LogP contribution in [0.2, 0.25) is 0 Å². The van der Waals surface area contributed by atoms with Gasteiger partial charge in [-0.15, -0.1) is 0 Å². The molecule has 0 saturated heterocycles. The van der Waals surface area contributed by atoms with E-state index < -0.39 is 4.92 Å². The predicted octanol–water partition coefficient (Wildman–Crippen LogP) is 4.85. The molecule has 0 bridgehead atoms. The third-order valence-electron chi connectivity index (χ3n) is 3.92. The molecule has 7 heteroatoms. The van der Waals surface area contributed by atoms with Gasteiger partial charge in [0.1, 0.15) is 0 Å². The van der Waals surface area contributed by atoms with Crippen LogP contribution >= 0.6 is 0 Å². The van der Waals surface area contributed by atoms with Crippen molar-refractivity contribution in [1.82, 2.24) is 0 Å². The van der Waals surface area contributed by atoms with Crippen LogP contribution in [0, 0.1) is 24.0 Å². The van der Waals surface area contributed by atoms with E-state index in [9.17, 15) is 10.1 Å². The van der Waals surface area contributed by atoms with Crippen molar-refractivity contribution in [2.24, 2.45) is 5.10 Å². The van der Waals surface area contributed by atoms with Gasteiger partial charge in [0.15, 0.2) is 5.75 Å². The fourth-order valence-corrected chi connectivity index (χ4v) is 2.42. The summed E-state index contributed by atoms with van der Waals surface area (Å²) in [6.45, 7) is 8.57. The summed E-state index contributed by atoms with van der Waals surface area (Å²) in [5.41, 5.74) is 6.54. The van der Waals surface area contributed by atoms with Crippen molar-refractivity contribution < 1.29 is 14.4 Å². The van der Waals surface area contributed by atoms with Gasteiger partial charge in [0, 0.05) is 11.6 Å². The van der Waals surface area contributed by atoms with E-state index in [0.717, 1.165) is 17.7 Å². The lowest BCUT2D eigenvalue weighted by Crippen LogP contribution is -2.04. The highest BCUT2D eigenvalue weighted by Gasteiger charge is 2.22. The number of anilines is 1. The van der Waals surface area contributed by atoms with E-state index in [2.05, 4.69) is 10.5 Å². The number of nitro groups is 1. The second-order valence-corrected chi connectivity index (χ2v) is 6.07. The van der Waals surface area contributed by atoms with Crippen LogP contribution in [0.15, 0.2) is 35.4 Å². The molecule has 0 radical (unpaired) electrons. The molecule has 0 aliphatic heterocycles. The molecule has 0 spiro atoms. The maximum atomic E-state index is 11.5. The van der Waals surface area contributed by atoms with Crippen LogP contribution in [-0.4, -0.2) is 24.4 Å². The molecule has 0 aliphatic rings. The summed E-state index contributed by atoms with van der Waals surface area (Å²) in [7, 11) is 0. The zero-order valence-corrected chi connectivity index (χ0v) is 16.1. The highest BCUT2D eigenvalue weighted by Crippen LogP contribution is 2.38. The number of ether oxygens (including phenoxy) is 2. The van der Waals surface area contributed by atoms with Crippen LogP contribution in [0.25, 0.3) is 0 Å². The molecule has 0 heterocycles. The summed E-state index contributed by atoms with van der Waals surface area (Å²) < 4.78 is 11.1. The standard InChI is InChI=1S/C20H25N3O4/c1-5-9-27-20-18(23(24)25)11-16(12-19(20)26-6-2)13-21-22-17-8-7-14(3)15(4)10-17/h7-8,10-13,22H,5-6,9H2,1-4H3/b21-13+. The Bertz CT molecular complexity index is 834. The summed E-state index contributed by atoms with van der Waals surface area (Å²) in [4.78, 5) is 11.0. The van der Waals surface area contributed by atoms with E-state index in [0.29, 0.717) is 24.5 Å². The average Bonchev–Trinajstić information content (AvgIpc) is 2.63. The minimum atomic E-state index is -0.471. The van der Waals surface area contributed by atoms with Crippen molar-refractivity contribution in [3.63, 3.8) is 0 Å². The molecular formula is C20H25N3O4. The first kappa shape index (κ1) is 20.2. The lowest BCUT2D eigenvalue weighted by molar-refractivity contribution is -0.386. The Balaban J connectivity index is 2.29. The number of hydrogen-bond acceptors (Lipinski definition) is 6. The number of nitrogens with one attached hydrogen (secondary N) is 1. The first-order chi connectivity index (χ1) is 13.0. The maximum Gasteiger partial charge on any atom is 0.315 e. The maximum absolute atomic E-state index is 11.5. The molecule has 1 N–H and O–H groups in total. The van der Waals surface area contributed by atoms with Crippen LogP contribution in [0.4, 0.5) is 11.4 Å². The van der Waals surface area contributed by atoms with Crippen molar-refractivity contribution in [1.29, 1.82) is 0 Å². The van der Waals surface area contributed by atoms with Crippen LogP contribution in [0.3, 0.4) is 0 Å². The lowest BCUT2D eigenvalue weighted by Gasteiger charge is -2.12. The summed E-state index contributed by atoms with van der Waals surface area (Å²) in [6.07, 6.45) is 2.26. The molecule has 2 aromatic rings. The summed E-state index contributed by atoms with van der Waals surface area (Å²) in [5.74, 6) is 0.496. The predicted molar refractivity (Wildman–Crippen MR) is 107 cm³/mol. The fourth-order valence-electron chi connectivity index (χ4n) is 2.42. The molecule has 2 aromatic carbocycles. The van der Waals surface area contributed by atoms with Crippen molar-refractivity contribution in [2.45, 2.75) is 34.1 Å². The SMILES string of the molecule is CCCOc1c(OCC)cc(/C=N/Nc2ccc(C)c(C)c2)cc1[N+](=O)[O-]. The van der Waals surface area contributed by atoms with Crippen molar-refractivity contribution in [3.05, 3.63) is 57.1 Å². The quantitative estimate of drug-likeness (QED) is 0.387. The Hall–Kier alpha value is -3.09. The monoisotopic (exact) mass is 371 g/mol. The minimum absolute atomic E-state index is 0.137. The molecule has 0 amide bonds. The van der Waals surface area contributed by atoms with Gasteiger partial charge in [-0.25, -0.2) is 0 Å². The summed E-state index contributed by atoms with van der Waals surface area (Å²) in [5, 5.41) is 15.7. The molecule has 144 valence electrons. The number of nitrogens with zero attached hydrogens (tertiary/aromatic N) is 2. The second-order valence-electron chi connectivity index (χ2n) is 6.07. The second kappa shape index (κ2) is 9.56. The number of aryl methyl sites for hydroxylation is 2. The van der Waals surface area contributed by atoms with Crippen molar-refractivity contribution in [2.75, 3.05) is 18.6 Å². The number of hydrazone groups is 1. The van der Waals surface area contributed by atoms with Gasteiger partial charge in [-0.3, -0.25) is 15.5 Å². The molecule has 7 nitrogen and oxygen atoms in total. The Kier molecular flexibility index (Phi) is 7.16. The number of nitro benzene ring substituents is 1. The topological polar surface area (TPSA) is 86.0 Å². The minimum Gasteiger partial charge on any atom is -0.490 e. The lowest BCUT2D eigenvalue weighted by atomic mass is 10.1. The van der Waals surface area contributed by atoms with Crippen molar-refractivity contribution >= 4 is 17.6 Å². The number of hydrogen-bond donors (Lipinski definition) is 1. The van der Waals surface area contributed by atoms with E-state index >= 15 is 0 Å². The third-order valence-corrected chi connectivity index (χ3v) is 3.92. The van der Waals surface area contributed by atoms with Gasteiger partial charge in [-0.1, -0.05) is 13.0 Å². The smallest absolute Gasteiger partial charge is 0.315 e. The van der Waals surface area contributed by atoms with E-state index in [1.165, 1.54) is 17.8 Å². The first-order valence-electron chi connectivity index (χ1n) is 8.90. The molecule has 0 aliphatic carbocycles. The van der Waals surface area contributed by atoms with E-state index in [-0.39, 0.29) is 11.4 Å². The molecular weight excluding hydrogens is 346 g/mol. The van der Waals surface area contributed by atoms with Crippen LogP contribution in [0.1, 0.15) is 37.0 Å². The molecule has 0 fully saturated rings. The molecule has 0 atom stereocenters. The Morgan fingerprint density at radius 2 is 1.93 bits per heavy atom. The summed E-state index contributed by atoms with van der Waals surface area (Å²) in [6, 6.07) is 9.04. The van der Waals surface area contributed by atoms with Gasteiger partial charge in [-0.05, 0) is 56.5 Å². The molecule has 2 rings (SSSR count). The third kappa shape index (κ3) is 5.44. The van der Waals surface area contributed by atoms with E-state index in [1.54, 1.807) is 6.07 Å². The highest BCUT2D eigenvalue weighted by molar-refractivity contribution is 5.83. The number of rotatable bonds is 9. The number of benzene rings is 2. The normalized spacial score (nSPS) is 10.8. The van der Waals surface area contributed by atoms with Crippen LogP contribution in [0.5, 0.6) is 11.5 Å². The first-order valence-corrected chi connectivity index (χ1v) is 8.90. The molecule has 0 saturated carbocycles. The fraction of sp³-hybridized carbons (Fsp3) is 0.350. The van der Waals surface area contributed by atoms with Gasteiger partial charge >= 0.3 is 5.69 Å². The van der Waals surface area contributed by atoms with E-state index in [1.807, 2.05) is 45.9 Å². The van der Waals surface area contributed by atoms with Gasteiger partial charge in [0.2, 0.25) is 5.75 Å². The van der Waals surface area contributed by atoms with Crippen molar-refractivity contribution in [3.8, 4) is 11.5 Å². The highest BCUT2D eigenvalue weighted by atomic mass is 16.6. The van der Waals surface area contributed by atoms with Gasteiger partial charge in [0.05, 0.1) is 30.0 Å². The van der Waals surface area contributed by atoms with Gasteiger partial charge < -0.3 is 9.47 Å². The Morgan fingerprint density at radius 1 is 1.15 bits per heavy atom. The average molecular weight is 371 g/mol. The molecule has 0 aromatic heterocycles. The Labute approximate surface area is 159 Å². The largest absolute Gasteiger partial charge is 0.490 e. The zero-order chi connectivity index (χ0) is 19.8. The molecule has 0 unspecified atom stereocenters. The van der Waals surface area contributed by atoms with Crippen LogP contribution in [-0.2, 0) is 0 Å². The van der Waals surface area contributed by atoms with Gasteiger partial charge in [-0.2, -0.15) is 5.10 Å².